The Morgan fingerprint density at radius 2 is 1.55 bits per heavy atom. The Morgan fingerprint density at radius 3 is 2.15 bits per heavy atom. The van der Waals surface area contributed by atoms with Crippen molar-refractivity contribution in [2.75, 3.05) is 58.3 Å². The van der Waals surface area contributed by atoms with Crippen molar-refractivity contribution in [2.24, 2.45) is 0 Å². The van der Waals surface area contributed by atoms with Crippen LogP contribution in [0.5, 0.6) is 11.5 Å². The molecule has 1 heterocycles. The number of carbonyl (C=O) groups excluding carboxylic acids is 1. The van der Waals surface area contributed by atoms with E-state index in [9.17, 15) is 9.90 Å². The van der Waals surface area contributed by atoms with Crippen LogP contribution in [-0.4, -0.2) is 79.9 Å². The fourth-order valence-electron chi connectivity index (χ4n) is 3.80. The van der Waals surface area contributed by atoms with Gasteiger partial charge in [-0.1, -0.05) is 30.3 Å². The lowest BCUT2D eigenvalue weighted by Gasteiger charge is -2.35. The molecule has 0 aromatic heterocycles. The Morgan fingerprint density at radius 1 is 0.970 bits per heavy atom. The first kappa shape index (κ1) is 29.0. The van der Waals surface area contributed by atoms with E-state index in [0.29, 0.717) is 24.6 Å². The van der Waals surface area contributed by atoms with Crippen molar-refractivity contribution in [3.8, 4) is 11.5 Å². The van der Waals surface area contributed by atoms with Gasteiger partial charge in [-0.15, -0.1) is 0 Å². The highest BCUT2D eigenvalue weighted by molar-refractivity contribution is 5.93. The standard InChI is InChI=1S/C24H33N3O4.2ClH/c1-18-7-6-8-19(2)24(18)25-23(29)16-27-13-11-26(12-14-27)15-20(28)17-31-22-10-5-4-9-21(22)30-3;;/h4-10,20,28H,11-17H2,1-3H3,(H,25,29);2*1H/p-2. The number of para-hydroxylation sites is 3. The maximum absolute atomic E-state index is 12.5. The summed E-state index contributed by atoms with van der Waals surface area (Å²) in [5.74, 6) is 1.29. The molecule has 1 atom stereocenters. The van der Waals surface area contributed by atoms with Gasteiger partial charge in [0.05, 0.1) is 13.7 Å². The molecule has 0 spiro atoms. The van der Waals surface area contributed by atoms with Gasteiger partial charge in [0.15, 0.2) is 11.5 Å². The molecule has 1 unspecified atom stereocenters. The molecular formula is C24H33Cl2N3O4-2. The van der Waals surface area contributed by atoms with Crippen molar-refractivity contribution in [1.82, 2.24) is 9.80 Å². The number of aryl methyl sites for hydroxylation is 2. The summed E-state index contributed by atoms with van der Waals surface area (Å²) in [6.07, 6.45) is -0.594. The van der Waals surface area contributed by atoms with E-state index in [4.69, 9.17) is 9.47 Å². The lowest BCUT2D eigenvalue weighted by Crippen LogP contribution is -3.00. The molecule has 2 aromatic carbocycles. The molecule has 1 amide bonds. The second kappa shape index (κ2) is 14.3. The fourth-order valence-corrected chi connectivity index (χ4v) is 3.80. The van der Waals surface area contributed by atoms with Crippen LogP contribution < -0.4 is 39.6 Å². The molecule has 1 fully saturated rings. The van der Waals surface area contributed by atoms with E-state index in [2.05, 4.69) is 15.1 Å². The molecule has 1 saturated heterocycles. The summed E-state index contributed by atoms with van der Waals surface area (Å²) in [6, 6.07) is 13.4. The number of nitrogens with zero attached hydrogens (tertiary/aromatic N) is 2. The van der Waals surface area contributed by atoms with E-state index in [0.717, 1.165) is 43.0 Å². The monoisotopic (exact) mass is 497 g/mol. The van der Waals surface area contributed by atoms with Gasteiger partial charge in [-0.25, -0.2) is 0 Å². The normalized spacial score (nSPS) is 15.0. The van der Waals surface area contributed by atoms with Crippen LogP contribution in [0.1, 0.15) is 11.1 Å². The minimum atomic E-state index is -0.594. The quantitative estimate of drug-likeness (QED) is 0.371. The SMILES string of the molecule is COc1ccccc1OCC(O)CN1CCN(CC(=O)Nc2c(C)cccc2C)CC1.[Cl-].[Cl-]. The lowest BCUT2D eigenvalue weighted by atomic mass is 10.1. The average molecular weight is 498 g/mol. The third kappa shape index (κ3) is 8.68. The molecule has 2 aromatic rings. The number of nitrogens with one attached hydrogen (secondary N) is 1. The summed E-state index contributed by atoms with van der Waals surface area (Å²) >= 11 is 0. The maximum Gasteiger partial charge on any atom is 0.238 e. The van der Waals surface area contributed by atoms with Crippen molar-refractivity contribution < 1.29 is 44.2 Å². The summed E-state index contributed by atoms with van der Waals surface area (Å²) < 4.78 is 11.0. The first-order valence-corrected chi connectivity index (χ1v) is 10.7. The average Bonchev–Trinajstić information content (AvgIpc) is 2.76. The van der Waals surface area contributed by atoms with Crippen LogP contribution in [0.2, 0.25) is 0 Å². The van der Waals surface area contributed by atoms with E-state index in [-0.39, 0.29) is 37.3 Å². The Labute approximate surface area is 208 Å². The van der Waals surface area contributed by atoms with Crippen LogP contribution in [0, 0.1) is 13.8 Å². The molecule has 0 radical (unpaired) electrons. The van der Waals surface area contributed by atoms with E-state index < -0.39 is 6.10 Å². The minimum Gasteiger partial charge on any atom is -1.00 e. The number of β-amino-alcohol motifs (C(OH)–C–C–N with tert-alkyl or cyclic N) is 1. The van der Waals surface area contributed by atoms with Crippen molar-refractivity contribution in [3.05, 3.63) is 53.6 Å². The summed E-state index contributed by atoms with van der Waals surface area (Å²) in [6.45, 7) is 8.33. The Hall–Kier alpha value is -2.03. The van der Waals surface area contributed by atoms with E-state index in [1.807, 2.05) is 56.3 Å². The third-order valence-corrected chi connectivity index (χ3v) is 5.55. The van der Waals surface area contributed by atoms with E-state index >= 15 is 0 Å². The molecule has 1 aliphatic heterocycles. The molecule has 3 rings (SSSR count). The summed E-state index contributed by atoms with van der Waals surface area (Å²) in [7, 11) is 1.60. The molecule has 33 heavy (non-hydrogen) atoms. The summed E-state index contributed by atoms with van der Waals surface area (Å²) in [5.41, 5.74) is 3.05. The predicted octanol–water partition coefficient (Wildman–Crippen LogP) is -3.68. The number of rotatable bonds is 9. The predicted molar refractivity (Wildman–Crippen MR) is 122 cm³/mol. The van der Waals surface area contributed by atoms with Crippen LogP contribution in [0.15, 0.2) is 42.5 Å². The fraction of sp³-hybridized carbons (Fsp3) is 0.458. The summed E-state index contributed by atoms with van der Waals surface area (Å²) in [5, 5.41) is 13.4. The smallest absolute Gasteiger partial charge is 0.238 e. The molecule has 1 aliphatic rings. The zero-order valence-electron chi connectivity index (χ0n) is 19.4. The second-order valence-corrected chi connectivity index (χ2v) is 8.01. The van der Waals surface area contributed by atoms with Gasteiger partial charge in [0, 0.05) is 38.4 Å². The van der Waals surface area contributed by atoms with Crippen molar-refractivity contribution in [1.29, 1.82) is 0 Å². The number of piperazine rings is 1. The zero-order valence-corrected chi connectivity index (χ0v) is 20.9. The van der Waals surface area contributed by atoms with Gasteiger partial charge in [0.1, 0.15) is 12.7 Å². The van der Waals surface area contributed by atoms with E-state index in [1.165, 1.54) is 0 Å². The minimum absolute atomic E-state index is 0. The number of ether oxygens (including phenoxy) is 2. The Balaban J connectivity index is 0.00000272. The van der Waals surface area contributed by atoms with Crippen molar-refractivity contribution in [3.63, 3.8) is 0 Å². The number of aliphatic hydroxyl groups excluding tert-OH is 1. The van der Waals surface area contributed by atoms with Crippen molar-refractivity contribution >= 4 is 11.6 Å². The van der Waals surface area contributed by atoms with Gasteiger partial charge in [0.2, 0.25) is 5.91 Å². The van der Waals surface area contributed by atoms with Crippen LogP contribution >= 0.6 is 0 Å². The number of aliphatic hydroxyl groups is 1. The largest absolute Gasteiger partial charge is 1.00 e. The van der Waals surface area contributed by atoms with Crippen LogP contribution in [0.3, 0.4) is 0 Å². The number of hydrogen-bond acceptors (Lipinski definition) is 6. The number of carbonyl (C=O) groups is 1. The number of methoxy groups -OCH3 is 1. The topological polar surface area (TPSA) is 74.3 Å². The molecule has 0 bridgehead atoms. The maximum atomic E-state index is 12.5. The van der Waals surface area contributed by atoms with Crippen molar-refractivity contribution in [2.45, 2.75) is 20.0 Å². The number of hydrogen-bond donors (Lipinski definition) is 2. The van der Waals surface area contributed by atoms with Crippen LogP contribution in [0.25, 0.3) is 0 Å². The molecule has 184 valence electrons. The van der Waals surface area contributed by atoms with Gasteiger partial charge < -0.3 is 44.7 Å². The first-order chi connectivity index (χ1) is 15.0. The number of anilines is 1. The number of halogens is 2. The van der Waals surface area contributed by atoms with Gasteiger partial charge >= 0.3 is 0 Å². The second-order valence-electron chi connectivity index (χ2n) is 8.01. The Kier molecular flexibility index (Phi) is 12.5. The van der Waals surface area contributed by atoms with Gasteiger partial charge in [-0.2, -0.15) is 0 Å². The lowest BCUT2D eigenvalue weighted by molar-refractivity contribution is -0.117. The summed E-state index contributed by atoms with van der Waals surface area (Å²) in [4.78, 5) is 16.8. The molecule has 2 N–H and O–H groups in total. The van der Waals surface area contributed by atoms with Crippen LogP contribution in [-0.2, 0) is 4.79 Å². The number of amides is 1. The molecule has 7 nitrogen and oxygen atoms in total. The first-order valence-electron chi connectivity index (χ1n) is 10.7. The van der Waals surface area contributed by atoms with Gasteiger partial charge in [0.25, 0.3) is 0 Å². The highest BCUT2D eigenvalue weighted by atomic mass is 35.5. The Bertz CT molecular complexity index is 856. The molecule has 9 heteroatoms. The zero-order chi connectivity index (χ0) is 22.2. The third-order valence-electron chi connectivity index (χ3n) is 5.55. The molecule has 0 aliphatic carbocycles. The molecular weight excluding hydrogens is 465 g/mol. The van der Waals surface area contributed by atoms with Crippen LogP contribution in [0.4, 0.5) is 5.69 Å². The highest BCUT2D eigenvalue weighted by Gasteiger charge is 2.21. The number of benzene rings is 2. The molecule has 0 saturated carbocycles. The highest BCUT2D eigenvalue weighted by Crippen LogP contribution is 2.25. The van der Waals surface area contributed by atoms with Gasteiger partial charge in [-0.3, -0.25) is 14.6 Å². The van der Waals surface area contributed by atoms with E-state index in [1.54, 1.807) is 7.11 Å². The van der Waals surface area contributed by atoms with Gasteiger partial charge in [-0.05, 0) is 37.1 Å².